The number of para-hydroxylation sites is 1. The number of carbonyl (C=O) groups excluding carboxylic acids is 1. The molecule has 116 valence electrons. The van der Waals surface area contributed by atoms with E-state index >= 15 is 0 Å². The van der Waals surface area contributed by atoms with Crippen LogP contribution in [0.1, 0.15) is 12.0 Å². The van der Waals surface area contributed by atoms with E-state index in [9.17, 15) is 4.79 Å². The Morgan fingerprint density at radius 2 is 1.77 bits per heavy atom. The van der Waals surface area contributed by atoms with Gasteiger partial charge in [-0.3, -0.25) is 4.79 Å². The molecule has 2 aromatic rings. The number of ether oxygens (including phenoxy) is 1. The number of hydrogen-bond donors (Lipinski definition) is 1. The smallest absolute Gasteiger partial charge is 0.224 e. The van der Waals surface area contributed by atoms with Gasteiger partial charge in [-0.05, 0) is 42.3 Å². The zero-order valence-corrected chi connectivity index (χ0v) is 13.3. The van der Waals surface area contributed by atoms with E-state index in [4.69, 9.17) is 4.74 Å². The standard InChI is InChI=1S/C18H22N2O2/c1-20(2)16-11-9-15(10-12-16)19-18(21)13-8-14-6-4-5-7-17(14)22-3/h4-7,9-12H,8,13H2,1-3H3,(H,19,21). The fourth-order valence-electron chi connectivity index (χ4n) is 2.22. The first-order valence-corrected chi connectivity index (χ1v) is 7.29. The van der Waals surface area contributed by atoms with Crippen molar-refractivity contribution in [2.45, 2.75) is 12.8 Å². The molecule has 0 spiro atoms. The van der Waals surface area contributed by atoms with Gasteiger partial charge in [0.1, 0.15) is 5.75 Å². The Morgan fingerprint density at radius 3 is 2.41 bits per heavy atom. The number of rotatable bonds is 6. The number of carbonyl (C=O) groups is 1. The molecule has 0 saturated heterocycles. The van der Waals surface area contributed by atoms with E-state index in [1.165, 1.54) is 0 Å². The van der Waals surface area contributed by atoms with Crippen LogP contribution in [0.4, 0.5) is 11.4 Å². The minimum absolute atomic E-state index is 0.00325. The Bertz CT molecular complexity index is 621. The van der Waals surface area contributed by atoms with E-state index in [0.29, 0.717) is 12.8 Å². The van der Waals surface area contributed by atoms with E-state index in [-0.39, 0.29) is 5.91 Å². The largest absolute Gasteiger partial charge is 0.496 e. The summed E-state index contributed by atoms with van der Waals surface area (Å²) in [4.78, 5) is 14.1. The van der Waals surface area contributed by atoms with Crippen LogP contribution in [-0.2, 0) is 11.2 Å². The highest BCUT2D eigenvalue weighted by molar-refractivity contribution is 5.91. The molecule has 1 amide bonds. The van der Waals surface area contributed by atoms with Crippen LogP contribution in [-0.4, -0.2) is 27.1 Å². The molecule has 4 nitrogen and oxygen atoms in total. The lowest BCUT2D eigenvalue weighted by atomic mass is 10.1. The predicted octanol–water partition coefficient (Wildman–Crippen LogP) is 3.33. The molecule has 0 radical (unpaired) electrons. The molecule has 2 rings (SSSR count). The summed E-state index contributed by atoms with van der Waals surface area (Å²) in [6, 6.07) is 15.6. The van der Waals surface area contributed by atoms with Crippen LogP contribution in [0.5, 0.6) is 5.75 Å². The van der Waals surface area contributed by atoms with Crippen molar-refractivity contribution >= 4 is 17.3 Å². The van der Waals surface area contributed by atoms with Crippen molar-refractivity contribution in [2.24, 2.45) is 0 Å². The van der Waals surface area contributed by atoms with Gasteiger partial charge < -0.3 is 15.0 Å². The van der Waals surface area contributed by atoms with Gasteiger partial charge in [0.25, 0.3) is 0 Å². The Balaban J connectivity index is 1.90. The average Bonchev–Trinajstić information content (AvgIpc) is 2.53. The Labute approximate surface area is 131 Å². The van der Waals surface area contributed by atoms with Crippen molar-refractivity contribution < 1.29 is 9.53 Å². The van der Waals surface area contributed by atoms with Crippen LogP contribution in [0, 0.1) is 0 Å². The predicted molar refractivity (Wildman–Crippen MR) is 90.7 cm³/mol. The molecule has 0 unspecified atom stereocenters. The highest BCUT2D eigenvalue weighted by Gasteiger charge is 2.07. The van der Waals surface area contributed by atoms with Gasteiger partial charge in [0.15, 0.2) is 0 Å². The SMILES string of the molecule is COc1ccccc1CCC(=O)Nc1ccc(N(C)C)cc1. The van der Waals surface area contributed by atoms with E-state index in [0.717, 1.165) is 22.7 Å². The first kappa shape index (κ1) is 15.9. The molecule has 1 N–H and O–H groups in total. The van der Waals surface area contributed by atoms with E-state index in [1.54, 1.807) is 7.11 Å². The molecule has 0 atom stereocenters. The highest BCUT2D eigenvalue weighted by Crippen LogP contribution is 2.20. The second kappa shape index (κ2) is 7.50. The lowest BCUT2D eigenvalue weighted by molar-refractivity contribution is -0.116. The number of nitrogens with one attached hydrogen (secondary N) is 1. The second-order valence-electron chi connectivity index (χ2n) is 5.30. The van der Waals surface area contributed by atoms with Crippen LogP contribution < -0.4 is 15.0 Å². The van der Waals surface area contributed by atoms with Crippen LogP contribution in [0.15, 0.2) is 48.5 Å². The minimum atomic E-state index is 0.00325. The van der Waals surface area contributed by atoms with Crippen molar-refractivity contribution in [3.05, 3.63) is 54.1 Å². The molecule has 2 aromatic carbocycles. The van der Waals surface area contributed by atoms with Gasteiger partial charge in [-0.15, -0.1) is 0 Å². The first-order valence-electron chi connectivity index (χ1n) is 7.29. The minimum Gasteiger partial charge on any atom is -0.496 e. The fourth-order valence-corrected chi connectivity index (χ4v) is 2.22. The maximum Gasteiger partial charge on any atom is 0.224 e. The Kier molecular flexibility index (Phi) is 5.42. The third-order valence-corrected chi connectivity index (χ3v) is 3.48. The molecule has 0 bridgehead atoms. The molecular weight excluding hydrogens is 276 g/mol. The summed E-state index contributed by atoms with van der Waals surface area (Å²) in [5, 5.41) is 2.92. The van der Waals surface area contributed by atoms with Gasteiger partial charge >= 0.3 is 0 Å². The molecule has 0 aromatic heterocycles. The van der Waals surface area contributed by atoms with Crippen LogP contribution in [0.25, 0.3) is 0 Å². The van der Waals surface area contributed by atoms with Crippen molar-refractivity contribution in [1.29, 1.82) is 0 Å². The second-order valence-corrected chi connectivity index (χ2v) is 5.30. The summed E-state index contributed by atoms with van der Waals surface area (Å²) in [5.74, 6) is 0.828. The quantitative estimate of drug-likeness (QED) is 0.889. The fraction of sp³-hybridized carbons (Fsp3) is 0.278. The Hall–Kier alpha value is -2.49. The maximum absolute atomic E-state index is 12.0. The van der Waals surface area contributed by atoms with Gasteiger partial charge in [-0.2, -0.15) is 0 Å². The molecule has 22 heavy (non-hydrogen) atoms. The maximum atomic E-state index is 12.0. The van der Waals surface area contributed by atoms with Gasteiger partial charge in [-0.25, -0.2) is 0 Å². The molecule has 4 heteroatoms. The van der Waals surface area contributed by atoms with Crippen LogP contribution in [0.2, 0.25) is 0 Å². The molecular formula is C18H22N2O2. The number of aryl methyl sites for hydroxylation is 1. The number of benzene rings is 2. The van der Waals surface area contributed by atoms with Crippen molar-refractivity contribution in [2.75, 3.05) is 31.4 Å². The monoisotopic (exact) mass is 298 g/mol. The van der Waals surface area contributed by atoms with Crippen LogP contribution >= 0.6 is 0 Å². The highest BCUT2D eigenvalue weighted by atomic mass is 16.5. The Morgan fingerprint density at radius 1 is 1.09 bits per heavy atom. The van der Waals surface area contributed by atoms with Crippen molar-refractivity contribution in [3.8, 4) is 5.75 Å². The van der Waals surface area contributed by atoms with Gasteiger partial charge in [0, 0.05) is 31.9 Å². The van der Waals surface area contributed by atoms with Gasteiger partial charge in [0.2, 0.25) is 5.91 Å². The zero-order valence-electron chi connectivity index (χ0n) is 13.3. The lowest BCUT2D eigenvalue weighted by Gasteiger charge is -2.13. The number of nitrogens with zero attached hydrogens (tertiary/aromatic N) is 1. The average molecular weight is 298 g/mol. The summed E-state index contributed by atoms with van der Waals surface area (Å²) in [6.45, 7) is 0. The topological polar surface area (TPSA) is 41.6 Å². The summed E-state index contributed by atoms with van der Waals surface area (Å²) in [5.41, 5.74) is 2.96. The van der Waals surface area contributed by atoms with E-state index in [1.807, 2.05) is 67.5 Å². The molecule has 0 saturated carbocycles. The third kappa shape index (κ3) is 4.25. The number of amides is 1. The van der Waals surface area contributed by atoms with Crippen LogP contribution in [0.3, 0.4) is 0 Å². The zero-order chi connectivity index (χ0) is 15.9. The number of anilines is 2. The number of methoxy groups -OCH3 is 1. The normalized spacial score (nSPS) is 10.1. The molecule has 0 heterocycles. The summed E-state index contributed by atoms with van der Waals surface area (Å²) >= 11 is 0. The molecule has 0 fully saturated rings. The molecule has 0 aliphatic heterocycles. The van der Waals surface area contributed by atoms with Gasteiger partial charge in [0.05, 0.1) is 7.11 Å². The molecule has 0 aliphatic carbocycles. The van der Waals surface area contributed by atoms with E-state index < -0.39 is 0 Å². The summed E-state index contributed by atoms with van der Waals surface area (Å²) in [6.07, 6.45) is 1.08. The lowest BCUT2D eigenvalue weighted by Crippen LogP contribution is -2.13. The summed E-state index contributed by atoms with van der Waals surface area (Å²) < 4.78 is 5.30. The van der Waals surface area contributed by atoms with E-state index in [2.05, 4.69) is 5.32 Å². The summed E-state index contributed by atoms with van der Waals surface area (Å²) in [7, 11) is 5.62. The van der Waals surface area contributed by atoms with Gasteiger partial charge in [-0.1, -0.05) is 18.2 Å². The first-order chi connectivity index (χ1) is 10.6. The number of hydrogen-bond acceptors (Lipinski definition) is 3. The molecule has 0 aliphatic rings. The van der Waals surface area contributed by atoms with Crippen molar-refractivity contribution in [3.63, 3.8) is 0 Å². The van der Waals surface area contributed by atoms with Crippen molar-refractivity contribution in [1.82, 2.24) is 0 Å². The third-order valence-electron chi connectivity index (χ3n) is 3.48.